The van der Waals surface area contributed by atoms with E-state index in [4.69, 9.17) is 5.26 Å². The molecule has 1 unspecified atom stereocenters. The molecule has 1 heterocycles. The number of phenolic OH excluding ortho intramolecular Hbond substituents is 1. The van der Waals surface area contributed by atoms with Crippen molar-refractivity contribution in [1.29, 1.82) is 5.26 Å². The standard InChI is InChI=1S/C19H16FN3O4S/c20-18-15-7-13(12-3-1-2-11(6-12)9-21)4-5-14(15)8-16(24)19(18)23-10-17(25)22-28(23,26)27/h1-8,17,22,24-27H,10H2. The van der Waals surface area contributed by atoms with Crippen molar-refractivity contribution in [3.63, 3.8) is 0 Å². The molecule has 0 saturated carbocycles. The van der Waals surface area contributed by atoms with Crippen LogP contribution in [0.15, 0.2) is 48.5 Å². The Morgan fingerprint density at radius 3 is 2.57 bits per heavy atom. The van der Waals surface area contributed by atoms with Crippen LogP contribution in [0.3, 0.4) is 0 Å². The number of β-amino-alcohol motifs (C(OH)–C–C–N with tert-alkyl or cyclic N) is 1. The van der Waals surface area contributed by atoms with Gasteiger partial charge in [-0.2, -0.15) is 9.98 Å². The number of phenols is 1. The van der Waals surface area contributed by atoms with Crippen LogP contribution in [0.2, 0.25) is 0 Å². The van der Waals surface area contributed by atoms with Crippen LogP contribution in [0.25, 0.3) is 21.9 Å². The van der Waals surface area contributed by atoms with E-state index in [2.05, 4.69) is 10.8 Å². The number of nitrogens with zero attached hydrogens (tertiary/aromatic N) is 2. The summed E-state index contributed by atoms with van der Waals surface area (Å²) in [5.74, 6) is -1.32. The number of rotatable bonds is 2. The molecule has 7 nitrogen and oxygen atoms in total. The Balaban J connectivity index is 1.89. The van der Waals surface area contributed by atoms with Crippen molar-refractivity contribution in [3.05, 3.63) is 59.9 Å². The van der Waals surface area contributed by atoms with E-state index in [1.807, 2.05) is 0 Å². The maximum Gasteiger partial charge on any atom is 0.159 e. The van der Waals surface area contributed by atoms with Gasteiger partial charge in [-0.3, -0.25) is 9.11 Å². The first-order valence-corrected chi connectivity index (χ1v) is 9.77. The highest BCUT2D eigenvalue weighted by molar-refractivity contribution is 8.24. The number of fused-ring (bicyclic) bond motifs is 1. The van der Waals surface area contributed by atoms with Crippen LogP contribution >= 0.6 is 11.0 Å². The fraction of sp³-hybridized carbons (Fsp3) is 0.105. The number of hydrogen-bond acceptors (Lipinski definition) is 7. The summed E-state index contributed by atoms with van der Waals surface area (Å²) in [4.78, 5) is 0. The van der Waals surface area contributed by atoms with Gasteiger partial charge < -0.3 is 10.2 Å². The molecule has 0 bridgehead atoms. The number of nitrogens with one attached hydrogen (secondary N) is 1. The van der Waals surface area contributed by atoms with Gasteiger partial charge in [0.1, 0.15) is 17.7 Å². The molecule has 1 fully saturated rings. The number of nitriles is 1. The summed E-state index contributed by atoms with van der Waals surface area (Å²) in [6.07, 6.45) is -1.28. The minimum atomic E-state index is -3.68. The van der Waals surface area contributed by atoms with Crippen LogP contribution in [-0.4, -0.2) is 32.1 Å². The van der Waals surface area contributed by atoms with Gasteiger partial charge in [-0.15, -0.1) is 0 Å². The molecule has 0 radical (unpaired) electrons. The Kier molecular flexibility index (Phi) is 4.38. The van der Waals surface area contributed by atoms with Gasteiger partial charge in [0.2, 0.25) is 0 Å². The lowest BCUT2D eigenvalue weighted by molar-refractivity contribution is 0.181. The van der Waals surface area contributed by atoms with Crippen molar-refractivity contribution >= 4 is 27.4 Å². The number of hydrogen-bond donors (Lipinski definition) is 5. The van der Waals surface area contributed by atoms with E-state index in [1.165, 1.54) is 6.07 Å². The lowest BCUT2D eigenvalue weighted by Crippen LogP contribution is -2.26. The number of aliphatic hydroxyl groups is 1. The lowest BCUT2D eigenvalue weighted by Gasteiger charge is -2.37. The molecular weight excluding hydrogens is 385 g/mol. The zero-order valence-corrected chi connectivity index (χ0v) is 15.2. The summed E-state index contributed by atoms with van der Waals surface area (Å²) < 4.78 is 38.5. The molecule has 0 spiro atoms. The van der Waals surface area contributed by atoms with E-state index < -0.39 is 34.4 Å². The molecule has 0 aromatic heterocycles. The summed E-state index contributed by atoms with van der Waals surface area (Å²) in [7, 11) is -3.68. The minimum absolute atomic E-state index is 0.157. The fourth-order valence-corrected chi connectivity index (χ4v) is 4.62. The molecule has 5 N–H and O–H groups in total. The SMILES string of the molecule is N#Cc1cccc(-c2ccc3cc(O)c(N4CC(O)NS4(O)O)c(F)c3c2)c1. The Morgan fingerprint density at radius 1 is 1.14 bits per heavy atom. The summed E-state index contributed by atoms with van der Waals surface area (Å²) in [6.45, 7) is -0.303. The van der Waals surface area contributed by atoms with E-state index in [9.17, 15) is 19.3 Å². The second-order valence-corrected chi connectivity index (χ2v) is 8.11. The summed E-state index contributed by atoms with van der Waals surface area (Å²) >= 11 is 0. The first-order valence-electron chi connectivity index (χ1n) is 8.27. The van der Waals surface area contributed by atoms with Crippen molar-refractivity contribution in [2.75, 3.05) is 10.8 Å². The molecule has 1 saturated heterocycles. The Bertz CT molecular complexity index is 1130. The van der Waals surface area contributed by atoms with Crippen molar-refractivity contribution in [2.45, 2.75) is 6.23 Å². The molecule has 1 aliphatic heterocycles. The van der Waals surface area contributed by atoms with Crippen LogP contribution in [0.4, 0.5) is 10.1 Å². The van der Waals surface area contributed by atoms with E-state index >= 15 is 4.39 Å². The van der Waals surface area contributed by atoms with E-state index in [1.54, 1.807) is 42.5 Å². The first-order chi connectivity index (χ1) is 13.3. The Morgan fingerprint density at radius 2 is 1.89 bits per heavy atom. The van der Waals surface area contributed by atoms with Gasteiger partial charge in [-0.25, -0.2) is 8.70 Å². The molecule has 0 aliphatic carbocycles. The number of aliphatic hydroxyl groups excluding tert-OH is 1. The normalized spacial score (nSPS) is 19.5. The second-order valence-electron chi connectivity index (χ2n) is 6.40. The highest BCUT2D eigenvalue weighted by Crippen LogP contribution is 2.51. The lowest BCUT2D eigenvalue weighted by atomic mass is 9.99. The monoisotopic (exact) mass is 401 g/mol. The van der Waals surface area contributed by atoms with Crippen LogP contribution in [-0.2, 0) is 0 Å². The molecule has 4 rings (SSSR count). The average molecular weight is 401 g/mol. The number of anilines is 1. The first kappa shape index (κ1) is 18.5. The van der Waals surface area contributed by atoms with Gasteiger partial charge in [0.15, 0.2) is 5.82 Å². The smallest absolute Gasteiger partial charge is 0.159 e. The molecular formula is C19H16FN3O4S. The van der Waals surface area contributed by atoms with Gasteiger partial charge in [0.25, 0.3) is 0 Å². The van der Waals surface area contributed by atoms with Crippen LogP contribution < -0.4 is 9.03 Å². The average Bonchev–Trinajstić information content (AvgIpc) is 2.93. The van der Waals surface area contributed by atoms with Crippen LogP contribution in [0.5, 0.6) is 5.75 Å². The van der Waals surface area contributed by atoms with E-state index in [-0.39, 0.29) is 11.9 Å². The van der Waals surface area contributed by atoms with Crippen molar-refractivity contribution in [2.24, 2.45) is 0 Å². The third-order valence-electron chi connectivity index (χ3n) is 4.55. The molecule has 0 amide bonds. The van der Waals surface area contributed by atoms with Gasteiger partial charge in [0, 0.05) is 5.39 Å². The molecule has 1 atom stereocenters. The van der Waals surface area contributed by atoms with Gasteiger partial charge in [-0.1, -0.05) is 35.2 Å². The van der Waals surface area contributed by atoms with Crippen molar-refractivity contribution in [1.82, 2.24) is 4.72 Å². The molecule has 3 aromatic carbocycles. The van der Waals surface area contributed by atoms with Gasteiger partial charge in [0.05, 0.1) is 18.2 Å². The maximum absolute atomic E-state index is 15.3. The van der Waals surface area contributed by atoms with Crippen LogP contribution in [0.1, 0.15) is 5.56 Å². The Labute approximate surface area is 161 Å². The van der Waals surface area contributed by atoms with Crippen molar-refractivity contribution in [3.8, 4) is 22.9 Å². The number of aromatic hydroxyl groups is 1. The third kappa shape index (κ3) is 3.03. The molecule has 1 aliphatic rings. The van der Waals surface area contributed by atoms with Crippen molar-refractivity contribution < 1.29 is 23.7 Å². The Hall–Kier alpha value is -2.87. The molecule has 28 heavy (non-hydrogen) atoms. The van der Waals surface area contributed by atoms with Gasteiger partial charge >= 0.3 is 0 Å². The largest absolute Gasteiger partial charge is 0.506 e. The zero-order chi connectivity index (χ0) is 20.1. The third-order valence-corrected chi connectivity index (χ3v) is 6.08. The molecule has 3 aromatic rings. The molecule has 9 heteroatoms. The summed E-state index contributed by atoms with van der Waals surface area (Å²) in [6, 6.07) is 15.2. The minimum Gasteiger partial charge on any atom is -0.506 e. The molecule has 144 valence electrons. The fourth-order valence-electron chi connectivity index (χ4n) is 3.28. The zero-order valence-electron chi connectivity index (χ0n) is 14.4. The highest BCUT2D eigenvalue weighted by atomic mass is 32.3. The number of benzene rings is 3. The van der Waals surface area contributed by atoms with E-state index in [0.717, 1.165) is 9.87 Å². The maximum atomic E-state index is 15.3. The quantitative estimate of drug-likeness (QED) is 0.445. The highest BCUT2D eigenvalue weighted by Gasteiger charge is 2.38. The number of halogens is 1. The predicted octanol–water partition coefficient (Wildman–Crippen LogP) is 3.53. The van der Waals surface area contributed by atoms with E-state index in [0.29, 0.717) is 16.5 Å². The topological polar surface area (TPSA) is 120 Å². The predicted molar refractivity (Wildman–Crippen MR) is 105 cm³/mol. The summed E-state index contributed by atoms with van der Waals surface area (Å²) in [5, 5.41) is 29.6. The van der Waals surface area contributed by atoms with Crippen LogP contribution in [0, 0.1) is 17.1 Å². The second kappa shape index (κ2) is 6.63. The summed E-state index contributed by atoms with van der Waals surface area (Å²) in [5.41, 5.74) is 1.44. The van der Waals surface area contributed by atoms with Gasteiger partial charge in [-0.05, 0) is 40.8 Å².